The molecule has 1 aliphatic rings. The number of para-hydroxylation sites is 2. The molecule has 1 aromatic heterocycles. The minimum absolute atomic E-state index is 0.147. The van der Waals surface area contributed by atoms with Crippen LogP contribution < -0.4 is 4.90 Å². The fourth-order valence-electron chi connectivity index (χ4n) is 3.90. The number of halogens is 1. The van der Waals surface area contributed by atoms with Crippen molar-refractivity contribution in [3.8, 4) is 0 Å². The molecule has 7 nitrogen and oxygen atoms in total. The number of hydrogen-bond acceptors (Lipinski definition) is 5. The number of fused-ring (bicyclic) bond motifs is 3. The lowest BCUT2D eigenvalue weighted by Crippen LogP contribution is -2.51. The highest BCUT2D eigenvalue weighted by Crippen LogP contribution is 2.41. The molecule has 0 bridgehead atoms. The second kappa shape index (κ2) is 8.23. The normalized spacial score (nSPS) is 18.5. The molecular formula is C22H22FN3O4. The highest BCUT2D eigenvalue weighted by Gasteiger charge is 2.47. The number of anilines is 1. The Labute approximate surface area is 173 Å². The second-order valence-corrected chi connectivity index (χ2v) is 6.98. The fourth-order valence-corrected chi connectivity index (χ4v) is 3.90. The van der Waals surface area contributed by atoms with Crippen LogP contribution >= 0.6 is 0 Å². The zero-order valence-electron chi connectivity index (χ0n) is 16.7. The summed E-state index contributed by atoms with van der Waals surface area (Å²) >= 11 is 0. The number of carbonyl (C=O) groups excluding carboxylic acids is 2. The van der Waals surface area contributed by atoms with Gasteiger partial charge in [0.2, 0.25) is 11.9 Å². The Morgan fingerprint density at radius 1 is 1.17 bits per heavy atom. The topological polar surface area (TPSA) is 73.7 Å². The number of esters is 1. The maximum Gasteiger partial charge on any atom is 0.321 e. The van der Waals surface area contributed by atoms with Crippen molar-refractivity contribution in [1.82, 2.24) is 9.55 Å². The Balaban J connectivity index is 1.97. The summed E-state index contributed by atoms with van der Waals surface area (Å²) in [5.41, 5.74) is 2.09. The lowest BCUT2D eigenvalue weighted by molar-refractivity contribution is -0.153. The van der Waals surface area contributed by atoms with Gasteiger partial charge >= 0.3 is 5.97 Å². The molecule has 1 aliphatic heterocycles. The average molecular weight is 411 g/mol. The summed E-state index contributed by atoms with van der Waals surface area (Å²) in [4.78, 5) is 32.5. The van der Waals surface area contributed by atoms with E-state index in [1.165, 1.54) is 17.0 Å². The number of rotatable bonds is 6. The van der Waals surface area contributed by atoms with Crippen LogP contribution in [0.4, 0.5) is 10.3 Å². The molecule has 8 heteroatoms. The average Bonchev–Trinajstić information content (AvgIpc) is 3.12. The Morgan fingerprint density at radius 2 is 1.90 bits per heavy atom. The number of benzene rings is 2. The van der Waals surface area contributed by atoms with Gasteiger partial charge in [0, 0.05) is 7.11 Å². The Bertz CT molecular complexity index is 1080. The van der Waals surface area contributed by atoms with Gasteiger partial charge in [0.05, 0.1) is 36.8 Å². The lowest BCUT2D eigenvalue weighted by atomic mass is 9.89. The van der Waals surface area contributed by atoms with E-state index in [-0.39, 0.29) is 19.8 Å². The molecule has 0 unspecified atom stereocenters. The smallest absolute Gasteiger partial charge is 0.321 e. The van der Waals surface area contributed by atoms with E-state index in [0.717, 1.165) is 5.52 Å². The molecule has 0 fully saturated rings. The van der Waals surface area contributed by atoms with Crippen molar-refractivity contribution in [2.24, 2.45) is 5.92 Å². The van der Waals surface area contributed by atoms with Crippen molar-refractivity contribution in [2.75, 3.05) is 31.8 Å². The maximum atomic E-state index is 13.6. The van der Waals surface area contributed by atoms with E-state index in [1.54, 1.807) is 26.2 Å². The lowest BCUT2D eigenvalue weighted by Gasteiger charge is -2.37. The van der Waals surface area contributed by atoms with Crippen molar-refractivity contribution in [3.63, 3.8) is 0 Å². The third-order valence-electron chi connectivity index (χ3n) is 5.22. The van der Waals surface area contributed by atoms with Crippen LogP contribution in [0.1, 0.15) is 18.5 Å². The van der Waals surface area contributed by atoms with Crippen LogP contribution in [0.2, 0.25) is 0 Å². The van der Waals surface area contributed by atoms with Crippen molar-refractivity contribution in [2.45, 2.75) is 13.0 Å². The van der Waals surface area contributed by atoms with Crippen LogP contribution in [0, 0.1) is 11.7 Å². The van der Waals surface area contributed by atoms with Crippen molar-refractivity contribution < 1.29 is 23.5 Å². The molecule has 30 heavy (non-hydrogen) atoms. The molecule has 0 saturated carbocycles. The quantitative estimate of drug-likeness (QED) is 0.461. The van der Waals surface area contributed by atoms with Gasteiger partial charge in [-0.15, -0.1) is 0 Å². The Kier molecular flexibility index (Phi) is 5.50. The van der Waals surface area contributed by atoms with Crippen LogP contribution in [-0.4, -0.2) is 48.3 Å². The third kappa shape index (κ3) is 3.33. The van der Waals surface area contributed by atoms with Crippen molar-refractivity contribution >= 4 is 28.9 Å². The number of amides is 1. The molecule has 0 aliphatic carbocycles. The van der Waals surface area contributed by atoms with Gasteiger partial charge < -0.3 is 14.0 Å². The van der Waals surface area contributed by atoms with E-state index in [4.69, 9.17) is 9.47 Å². The van der Waals surface area contributed by atoms with Crippen LogP contribution in [0.5, 0.6) is 0 Å². The predicted octanol–water partition coefficient (Wildman–Crippen LogP) is 2.94. The first kappa shape index (κ1) is 20.0. The van der Waals surface area contributed by atoms with E-state index in [0.29, 0.717) is 17.0 Å². The first-order valence-corrected chi connectivity index (χ1v) is 9.76. The first-order chi connectivity index (χ1) is 14.6. The van der Waals surface area contributed by atoms with Gasteiger partial charge in [0.15, 0.2) is 5.92 Å². The van der Waals surface area contributed by atoms with E-state index in [9.17, 15) is 14.0 Å². The number of aromatic nitrogens is 2. The van der Waals surface area contributed by atoms with Crippen LogP contribution in [0.25, 0.3) is 11.0 Å². The molecule has 156 valence electrons. The highest BCUT2D eigenvalue weighted by atomic mass is 19.1. The molecular weight excluding hydrogens is 389 g/mol. The van der Waals surface area contributed by atoms with Crippen LogP contribution in [-0.2, 0) is 19.1 Å². The summed E-state index contributed by atoms with van der Waals surface area (Å²) in [7, 11) is 1.54. The molecule has 3 aromatic rings. The molecule has 2 aromatic carbocycles. The van der Waals surface area contributed by atoms with Gasteiger partial charge in [-0.25, -0.2) is 9.37 Å². The zero-order chi connectivity index (χ0) is 21.3. The predicted molar refractivity (Wildman–Crippen MR) is 109 cm³/mol. The molecule has 2 heterocycles. The maximum absolute atomic E-state index is 13.6. The van der Waals surface area contributed by atoms with Gasteiger partial charge in [-0.2, -0.15) is 0 Å². The van der Waals surface area contributed by atoms with Crippen LogP contribution in [0.15, 0.2) is 48.5 Å². The minimum atomic E-state index is -1.13. The summed E-state index contributed by atoms with van der Waals surface area (Å²) in [5.74, 6) is -2.14. The van der Waals surface area contributed by atoms with E-state index in [1.807, 2.05) is 28.8 Å². The monoisotopic (exact) mass is 411 g/mol. The van der Waals surface area contributed by atoms with Gasteiger partial charge in [0.25, 0.3) is 0 Å². The minimum Gasteiger partial charge on any atom is -0.465 e. The highest BCUT2D eigenvalue weighted by molar-refractivity contribution is 6.08. The van der Waals surface area contributed by atoms with Crippen LogP contribution in [0.3, 0.4) is 0 Å². The summed E-state index contributed by atoms with van der Waals surface area (Å²) in [5, 5.41) is 0. The summed E-state index contributed by atoms with van der Waals surface area (Å²) < 4.78 is 25.9. The summed E-state index contributed by atoms with van der Waals surface area (Å²) in [6.07, 6.45) is 0. The summed E-state index contributed by atoms with van der Waals surface area (Å²) in [6.45, 7) is 2.36. The number of nitrogens with zero attached hydrogens (tertiary/aromatic N) is 3. The van der Waals surface area contributed by atoms with E-state index in [2.05, 4.69) is 4.98 Å². The first-order valence-electron chi connectivity index (χ1n) is 9.76. The molecule has 0 N–H and O–H groups in total. The Hall–Kier alpha value is -3.26. The number of carbonyl (C=O) groups is 2. The van der Waals surface area contributed by atoms with Crippen molar-refractivity contribution in [1.29, 1.82) is 0 Å². The molecule has 2 atom stereocenters. The standard InChI is InChI=1S/C22H22FN3O4/c1-3-30-21(28)18-19(14-8-10-15(23)11-9-14)26-17-7-5-4-6-16(17)24-22(26)25(20(18)27)12-13-29-2/h4-11,18-19H,3,12-13H2,1-2H3/t18-,19+/m1/s1. The number of methoxy groups -OCH3 is 1. The molecule has 1 amide bonds. The van der Waals surface area contributed by atoms with Crippen molar-refractivity contribution in [3.05, 3.63) is 59.9 Å². The molecule has 0 saturated heterocycles. The number of ether oxygens (including phenoxy) is 2. The molecule has 0 spiro atoms. The van der Waals surface area contributed by atoms with Gasteiger partial charge in [-0.1, -0.05) is 24.3 Å². The zero-order valence-corrected chi connectivity index (χ0v) is 16.7. The largest absolute Gasteiger partial charge is 0.465 e. The van der Waals surface area contributed by atoms with Gasteiger partial charge in [0.1, 0.15) is 5.82 Å². The molecule has 4 rings (SSSR count). The Morgan fingerprint density at radius 3 is 2.60 bits per heavy atom. The number of hydrogen-bond donors (Lipinski definition) is 0. The van der Waals surface area contributed by atoms with Gasteiger partial charge in [-0.05, 0) is 36.8 Å². The van der Waals surface area contributed by atoms with E-state index >= 15 is 0 Å². The SMILES string of the molecule is CCOC(=O)[C@H]1C(=O)N(CCOC)c2nc3ccccc3n2[C@H]1c1ccc(F)cc1. The van der Waals surface area contributed by atoms with E-state index < -0.39 is 29.7 Å². The fraction of sp³-hybridized carbons (Fsp3) is 0.318. The molecule has 0 radical (unpaired) electrons. The second-order valence-electron chi connectivity index (χ2n) is 6.98. The van der Waals surface area contributed by atoms with Gasteiger partial charge in [-0.3, -0.25) is 14.5 Å². The number of imidazole rings is 1. The third-order valence-corrected chi connectivity index (χ3v) is 5.22. The summed E-state index contributed by atoms with van der Waals surface area (Å²) in [6, 6.07) is 12.6.